The summed E-state index contributed by atoms with van der Waals surface area (Å²) >= 11 is 6.05. The van der Waals surface area contributed by atoms with Gasteiger partial charge in [0.05, 0.1) is 32.3 Å². The van der Waals surface area contributed by atoms with Crippen molar-refractivity contribution in [2.45, 2.75) is 39.7 Å². The Morgan fingerprint density at radius 2 is 1.78 bits per heavy atom. The third kappa shape index (κ3) is 5.65. The van der Waals surface area contributed by atoms with E-state index >= 15 is 0 Å². The van der Waals surface area contributed by atoms with E-state index in [0.29, 0.717) is 48.4 Å². The Bertz CT molecular complexity index is 965. The normalized spacial score (nSPS) is 15.0. The Hall–Kier alpha value is -2.93. The van der Waals surface area contributed by atoms with Gasteiger partial charge in [-0.15, -0.1) is 0 Å². The van der Waals surface area contributed by atoms with E-state index < -0.39 is 6.04 Å². The van der Waals surface area contributed by atoms with E-state index in [9.17, 15) is 9.59 Å². The predicted molar refractivity (Wildman–Crippen MR) is 124 cm³/mol. The van der Waals surface area contributed by atoms with Crippen molar-refractivity contribution in [3.05, 3.63) is 52.5 Å². The third-order valence-electron chi connectivity index (χ3n) is 5.16. The minimum Gasteiger partial charge on any atom is -0.490 e. The molecule has 0 saturated carbocycles. The van der Waals surface area contributed by atoms with Crippen molar-refractivity contribution >= 4 is 29.3 Å². The predicted octanol–water partition coefficient (Wildman–Crippen LogP) is 5.22. The van der Waals surface area contributed by atoms with E-state index in [1.165, 1.54) is 0 Å². The molecule has 0 radical (unpaired) electrons. The van der Waals surface area contributed by atoms with Gasteiger partial charge in [0.2, 0.25) is 0 Å². The van der Waals surface area contributed by atoms with Crippen LogP contribution in [0.5, 0.6) is 11.5 Å². The van der Waals surface area contributed by atoms with Crippen LogP contribution in [0, 0.1) is 0 Å². The molecule has 7 nitrogen and oxygen atoms in total. The van der Waals surface area contributed by atoms with Crippen molar-refractivity contribution < 1.29 is 23.8 Å². The van der Waals surface area contributed by atoms with Crippen LogP contribution in [0.2, 0.25) is 5.02 Å². The molecule has 2 amide bonds. The summed E-state index contributed by atoms with van der Waals surface area (Å²) in [6.45, 7) is 7.29. The van der Waals surface area contributed by atoms with Crippen molar-refractivity contribution in [3.63, 3.8) is 0 Å². The number of halogens is 1. The van der Waals surface area contributed by atoms with Crippen molar-refractivity contribution in [2.24, 2.45) is 0 Å². The number of benzene rings is 2. The first-order chi connectivity index (χ1) is 15.5. The number of hydrogen-bond donors (Lipinski definition) is 1. The molecule has 0 spiro atoms. The maximum atomic E-state index is 13.2. The van der Waals surface area contributed by atoms with Crippen LogP contribution in [0.25, 0.3) is 0 Å². The molecule has 8 heteroatoms. The summed E-state index contributed by atoms with van der Waals surface area (Å²) in [5, 5.41) is 3.41. The van der Waals surface area contributed by atoms with E-state index in [1.54, 1.807) is 36.1 Å². The van der Waals surface area contributed by atoms with Gasteiger partial charge in [-0.3, -0.25) is 4.79 Å². The number of esters is 1. The number of carbonyl (C=O) groups excluding carboxylic acids is 2. The van der Waals surface area contributed by atoms with Crippen LogP contribution in [-0.4, -0.2) is 43.3 Å². The second kappa shape index (κ2) is 11.1. The van der Waals surface area contributed by atoms with Gasteiger partial charge in [-0.2, -0.15) is 0 Å². The molecular weight excluding hydrogens is 432 g/mol. The van der Waals surface area contributed by atoms with Crippen molar-refractivity contribution in [2.75, 3.05) is 31.7 Å². The zero-order valence-corrected chi connectivity index (χ0v) is 19.4. The molecule has 1 N–H and O–H groups in total. The molecular formula is C24H29ClN2O5. The van der Waals surface area contributed by atoms with Gasteiger partial charge in [0, 0.05) is 17.3 Å². The number of rotatable bonds is 8. The number of carbonyl (C=O) groups is 2. The number of amides is 2. The molecule has 0 fully saturated rings. The monoisotopic (exact) mass is 460 g/mol. The standard InChI is InChI=1S/C24H29ClN2O5/c1-4-30-21-12-16-10-11-27(24(29)26-18-9-7-8-17(25)13-18)20(15-23(28)32-6-3)19(16)14-22(21)31-5-2/h7-9,12-14,20H,4-6,10-11,15H2,1-3H3,(H,26,29)/t20-/m1/s1. The minimum atomic E-state index is -0.494. The number of nitrogens with one attached hydrogen (secondary N) is 1. The Morgan fingerprint density at radius 1 is 1.06 bits per heavy atom. The highest BCUT2D eigenvalue weighted by Gasteiger charge is 2.34. The van der Waals surface area contributed by atoms with E-state index in [-0.39, 0.29) is 25.0 Å². The number of anilines is 1. The quantitative estimate of drug-likeness (QED) is 0.546. The largest absolute Gasteiger partial charge is 0.490 e. The molecule has 0 aliphatic carbocycles. The maximum Gasteiger partial charge on any atom is 0.322 e. The average molecular weight is 461 g/mol. The first kappa shape index (κ1) is 23.7. The highest BCUT2D eigenvalue weighted by molar-refractivity contribution is 6.30. The fraction of sp³-hybridized carbons (Fsp3) is 0.417. The van der Waals surface area contributed by atoms with Gasteiger partial charge in [-0.25, -0.2) is 4.79 Å². The molecule has 2 aromatic rings. The summed E-state index contributed by atoms with van der Waals surface area (Å²) in [4.78, 5) is 27.3. The molecule has 0 unspecified atom stereocenters. The van der Waals surface area contributed by atoms with Crippen LogP contribution in [-0.2, 0) is 16.0 Å². The summed E-state index contributed by atoms with van der Waals surface area (Å²) in [6, 6.07) is 9.99. The van der Waals surface area contributed by atoms with Gasteiger partial charge < -0.3 is 24.4 Å². The number of ether oxygens (including phenoxy) is 3. The molecule has 0 saturated heterocycles. The molecule has 172 valence electrons. The number of fused-ring (bicyclic) bond motifs is 1. The highest BCUT2D eigenvalue weighted by Crippen LogP contribution is 2.40. The first-order valence-electron chi connectivity index (χ1n) is 10.9. The summed E-state index contributed by atoms with van der Waals surface area (Å²) in [7, 11) is 0. The van der Waals surface area contributed by atoms with E-state index in [1.807, 2.05) is 26.0 Å². The number of urea groups is 1. The van der Waals surface area contributed by atoms with Gasteiger partial charge in [0.25, 0.3) is 0 Å². The van der Waals surface area contributed by atoms with Gasteiger partial charge in [-0.05, 0) is 68.7 Å². The lowest BCUT2D eigenvalue weighted by Gasteiger charge is -2.37. The van der Waals surface area contributed by atoms with Crippen LogP contribution in [0.15, 0.2) is 36.4 Å². The smallest absolute Gasteiger partial charge is 0.322 e. The van der Waals surface area contributed by atoms with Crippen LogP contribution in [0.3, 0.4) is 0 Å². The van der Waals surface area contributed by atoms with Crippen LogP contribution in [0.4, 0.5) is 10.5 Å². The molecule has 2 aromatic carbocycles. The summed E-state index contributed by atoms with van der Waals surface area (Å²) < 4.78 is 16.7. The third-order valence-corrected chi connectivity index (χ3v) is 5.40. The zero-order chi connectivity index (χ0) is 23.1. The lowest BCUT2D eigenvalue weighted by atomic mass is 9.90. The molecule has 0 aromatic heterocycles. The Kier molecular flexibility index (Phi) is 8.22. The molecule has 1 heterocycles. The van der Waals surface area contributed by atoms with E-state index in [2.05, 4.69) is 5.32 Å². The van der Waals surface area contributed by atoms with Crippen LogP contribution in [0.1, 0.15) is 44.4 Å². The SMILES string of the molecule is CCOC(=O)C[C@@H]1c2cc(OCC)c(OCC)cc2CCN1C(=O)Nc1cccc(Cl)c1. The molecule has 32 heavy (non-hydrogen) atoms. The molecule has 3 rings (SSSR count). The van der Waals surface area contributed by atoms with Crippen molar-refractivity contribution in [3.8, 4) is 11.5 Å². The maximum absolute atomic E-state index is 13.2. The minimum absolute atomic E-state index is 0.0450. The molecule has 1 aliphatic heterocycles. The van der Waals surface area contributed by atoms with Crippen molar-refractivity contribution in [1.29, 1.82) is 0 Å². The second-order valence-electron chi connectivity index (χ2n) is 7.27. The van der Waals surface area contributed by atoms with Gasteiger partial charge in [0.15, 0.2) is 11.5 Å². The van der Waals surface area contributed by atoms with E-state index in [4.69, 9.17) is 25.8 Å². The van der Waals surface area contributed by atoms with Gasteiger partial charge >= 0.3 is 12.0 Å². The average Bonchev–Trinajstić information content (AvgIpc) is 2.75. The Balaban J connectivity index is 1.95. The van der Waals surface area contributed by atoms with Crippen molar-refractivity contribution in [1.82, 2.24) is 4.90 Å². The topological polar surface area (TPSA) is 77.1 Å². The highest BCUT2D eigenvalue weighted by atomic mass is 35.5. The fourth-order valence-corrected chi connectivity index (χ4v) is 4.04. The Labute approximate surface area is 193 Å². The van der Waals surface area contributed by atoms with Gasteiger partial charge in [-0.1, -0.05) is 17.7 Å². The van der Waals surface area contributed by atoms with Gasteiger partial charge in [0.1, 0.15) is 0 Å². The lowest BCUT2D eigenvalue weighted by Crippen LogP contribution is -2.43. The number of hydrogen-bond acceptors (Lipinski definition) is 5. The van der Waals surface area contributed by atoms with E-state index in [0.717, 1.165) is 11.1 Å². The summed E-state index contributed by atoms with van der Waals surface area (Å²) in [6.07, 6.45) is 0.674. The summed E-state index contributed by atoms with van der Waals surface area (Å²) in [5.41, 5.74) is 2.47. The first-order valence-corrected chi connectivity index (χ1v) is 11.3. The zero-order valence-electron chi connectivity index (χ0n) is 18.7. The lowest BCUT2D eigenvalue weighted by molar-refractivity contribution is -0.144. The Morgan fingerprint density at radius 3 is 2.44 bits per heavy atom. The molecule has 1 atom stereocenters. The van der Waals surface area contributed by atoms with Crippen LogP contribution >= 0.6 is 11.6 Å². The van der Waals surface area contributed by atoms with Crippen LogP contribution < -0.4 is 14.8 Å². The number of nitrogens with zero attached hydrogens (tertiary/aromatic N) is 1. The summed E-state index contributed by atoms with van der Waals surface area (Å²) in [5.74, 6) is 0.900. The molecule has 1 aliphatic rings. The fourth-order valence-electron chi connectivity index (χ4n) is 3.85. The second-order valence-corrected chi connectivity index (χ2v) is 7.71. The molecule has 0 bridgehead atoms.